The van der Waals surface area contributed by atoms with Gasteiger partial charge in [0.1, 0.15) is 0 Å². The molecular weight excluding hydrogens is 296 g/mol. The number of para-hydroxylation sites is 1. The van der Waals surface area contributed by atoms with Crippen LogP contribution in [0.5, 0.6) is 0 Å². The number of benzene rings is 1. The van der Waals surface area contributed by atoms with Gasteiger partial charge in [-0.3, -0.25) is 4.98 Å². The van der Waals surface area contributed by atoms with E-state index in [1.807, 2.05) is 36.7 Å². The van der Waals surface area contributed by atoms with Crippen LogP contribution in [0.3, 0.4) is 0 Å². The monoisotopic (exact) mass is 318 g/mol. The maximum Gasteiger partial charge on any atom is 0.225 e. The van der Waals surface area contributed by atoms with Crippen LogP contribution in [0.25, 0.3) is 22.2 Å². The Bertz CT molecular complexity index is 838. The van der Waals surface area contributed by atoms with Gasteiger partial charge >= 0.3 is 0 Å². The molecular formula is C20H22N4. The van der Waals surface area contributed by atoms with Crippen molar-refractivity contribution in [2.24, 2.45) is 5.92 Å². The number of rotatable bonds is 3. The number of fused-ring (bicyclic) bond motifs is 1. The van der Waals surface area contributed by atoms with Crippen molar-refractivity contribution in [2.75, 3.05) is 18.0 Å². The second-order valence-corrected chi connectivity index (χ2v) is 6.50. The molecule has 4 rings (SSSR count). The topological polar surface area (TPSA) is 41.9 Å². The van der Waals surface area contributed by atoms with Crippen LogP contribution in [0.4, 0.5) is 5.95 Å². The zero-order valence-corrected chi connectivity index (χ0v) is 14.0. The molecule has 24 heavy (non-hydrogen) atoms. The standard InChI is InChI=1S/C20H22N4/c1-2-15-8-11-24(12-9-15)20-21-10-7-19(23-20)17-13-16-5-3-4-6-18(16)22-14-17/h3-7,10,13-15H,2,8-9,11-12H2,1H3. The third-order valence-electron chi connectivity index (χ3n) is 5.00. The smallest absolute Gasteiger partial charge is 0.225 e. The lowest BCUT2D eigenvalue weighted by atomic mass is 9.95. The SMILES string of the molecule is CCC1CCN(c2nccc(-c3cnc4ccccc4c3)n2)CC1. The van der Waals surface area contributed by atoms with E-state index in [-0.39, 0.29) is 0 Å². The van der Waals surface area contributed by atoms with Crippen molar-refractivity contribution in [3.05, 3.63) is 48.8 Å². The molecule has 0 radical (unpaired) electrons. The number of hydrogen-bond acceptors (Lipinski definition) is 4. The molecule has 2 aromatic heterocycles. The first-order chi connectivity index (χ1) is 11.8. The van der Waals surface area contributed by atoms with E-state index >= 15 is 0 Å². The largest absolute Gasteiger partial charge is 0.341 e. The first kappa shape index (κ1) is 15.1. The maximum atomic E-state index is 4.80. The molecule has 1 fully saturated rings. The maximum absolute atomic E-state index is 4.80. The fraction of sp³-hybridized carbons (Fsp3) is 0.350. The van der Waals surface area contributed by atoms with E-state index in [1.165, 1.54) is 19.3 Å². The number of nitrogens with zero attached hydrogens (tertiary/aromatic N) is 4. The lowest BCUT2D eigenvalue weighted by Gasteiger charge is -2.31. The summed E-state index contributed by atoms with van der Waals surface area (Å²) >= 11 is 0. The average Bonchev–Trinajstić information content (AvgIpc) is 2.68. The molecule has 0 aliphatic carbocycles. The van der Waals surface area contributed by atoms with Crippen LogP contribution in [0, 0.1) is 5.92 Å². The summed E-state index contributed by atoms with van der Waals surface area (Å²) in [4.78, 5) is 16.2. The molecule has 4 heteroatoms. The van der Waals surface area contributed by atoms with Gasteiger partial charge in [-0.2, -0.15) is 0 Å². The minimum absolute atomic E-state index is 0.843. The lowest BCUT2D eigenvalue weighted by Crippen LogP contribution is -2.34. The molecule has 1 aliphatic heterocycles. The van der Waals surface area contributed by atoms with E-state index in [1.54, 1.807) is 0 Å². The van der Waals surface area contributed by atoms with Gasteiger partial charge in [0.15, 0.2) is 0 Å². The Labute approximate surface area is 142 Å². The Hall–Kier alpha value is -2.49. The van der Waals surface area contributed by atoms with Crippen molar-refractivity contribution in [1.82, 2.24) is 15.0 Å². The van der Waals surface area contributed by atoms with Crippen molar-refractivity contribution >= 4 is 16.9 Å². The zero-order valence-electron chi connectivity index (χ0n) is 14.0. The summed E-state index contributed by atoms with van der Waals surface area (Å²) in [6.45, 7) is 4.39. The van der Waals surface area contributed by atoms with Gasteiger partial charge in [0, 0.05) is 36.4 Å². The minimum atomic E-state index is 0.843. The van der Waals surface area contributed by atoms with Crippen LogP contribution in [-0.4, -0.2) is 28.0 Å². The molecule has 122 valence electrons. The number of piperidine rings is 1. The normalized spacial score (nSPS) is 15.8. The van der Waals surface area contributed by atoms with Gasteiger partial charge in [0.25, 0.3) is 0 Å². The highest BCUT2D eigenvalue weighted by atomic mass is 15.2. The van der Waals surface area contributed by atoms with E-state index in [0.29, 0.717) is 0 Å². The van der Waals surface area contributed by atoms with Gasteiger partial charge in [-0.15, -0.1) is 0 Å². The molecule has 3 heterocycles. The van der Waals surface area contributed by atoms with Gasteiger partial charge in [-0.1, -0.05) is 31.5 Å². The Morgan fingerprint density at radius 1 is 1.08 bits per heavy atom. The quantitative estimate of drug-likeness (QED) is 0.721. The van der Waals surface area contributed by atoms with Crippen LogP contribution in [-0.2, 0) is 0 Å². The highest BCUT2D eigenvalue weighted by Crippen LogP contribution is 2.25. The summed E-state index contributed by atoms with van der Waals surface area (Å²) in [7, 11) is 0. The van der Waals surface area contributed by atoms with Crippen LogP contribution in [0.15, 0.2) is 48.8 Å². The van der Waals surface area contributed by atoms with E-state index in [2.05, 4.69) is 33.9 Å². The number of aromatic nitrogens is 3. The summed E-state index contributed by atoms with van der Waals surface area (Å²) < 4.78 is 0. The molecule has 4 nitrogen and oxygen atoms in total. The molecule has 0 unspecified atom stereocenters. The Balaban J connectivity index is 1.62. The second kappa shape index (κ2) is 6.56. The van der Waals surface area contributed by atoms with Crippen molar-refractivity contribution in [1.29, 1.82) is 0 Å². The number of pyridine rings is 1. The molecule has 1 aliphatic rings. The molecule has 0 spiro atoms. The van der Waals surface area contributed by atoms with Gasteiger partial charge in [0.2, 0.25) is 5.95 Å². The van der Waals surface area contributed by atoms with Crippen LogP contribution in [0.2, 0.25) is 0 Å². The summed E-state index contributed by atoms with van der Waals surface area (Å²) in [5.41, 5.74) is 2.99. The molecule has 0 amide bonds. The van der Waals surface area contributed by atoms with Crippen LogP contribution in [0.1, 0.15) is 26.2 Å². The average molecular weight is 318 g/mol. The van der Waals surface area contributed by atoms with E-state index < -0.39 is 0 Å². The molecule has 0 bridgehead atoms. The number of anilines is 1. The second-order valence-electron chi connectivity index (χ2n) is 6.50. The van der Waals surface area contributed by atoms with Crippen LogP contribution >= 0.6 is 0 Å². The van der Waals surface area contributed by atoms with Gasteiger partial charge < -0.3 is 4.90 Å². The van der Waals surface area contributed by atoms with E-state index in [9.17, 15) is 0 Å². The molecule has 0 N–H and O–H groups in total. The minimum Gasteiger partial charge on any atom is -0.341 e. The van der Waals surface area contributed by atoms with Crippen LogP contribution < -0.4 is 4.90 Å². The van der Waals surface area contributed by atoms with E-state index in [4.69, 9.17) is 4.98 Å². The summed E-state index contributed by atoms with van der Waals surface area (Å²) in [5, 5.41) is 1.14. The van der Waals surface area contributed by atoms with Crippen molar-refractivity contribution in [2.45, 2.75) is 26.2 Å². The zero-order chi connectivity index (χ0) is 16.4. The molecule has 0 atom stereocenters. The third kappa shape index (κ3) is 2.96. The first-order valence-electron chi connectivity index (χ1n) is 8.76. The fourth-order valence-electron chi connectivity index (χ4n) is 3.41. The summed E-state index contributed by atoms with van der Waals surface area (Å²) in [5.74, 6) is 1.70. The van der Waals surface area contributed by atoms with Crippen molar-refractivity contribution < 1.29 is 0 Å². The van der Waals surface area contributed by atoms with Crippen molar-refractivity contribution in [3.63, 3.8) is 0 Å². The summed E-state index contributed by atoms with van der Waals surface area (Å²) in [6, 6.07) is 12.3. The molecule has 1 saturated heterocycles. The Morgan fingerprint density at radius 3 is 2.75 bits per heavy atom. The molecule has 3 aromatic rings. The predicted octanol–water partition coefficient (Wildman–Crippen LogP) is 4.32. The highest BCUT2D eigenvalue weighted by Gasteiger charge is 2.20. The molecule has 1 aromatic carbocycles. The van der Waals surface area contributed by atoms with Gasteiger partial charge in [-0.25, -0.2) is 9.97 Å². The summed E-state index contributed by atoms with van der Waals surface area (Å²) in [6.07, 6.45) is 7.51. The Morgan fingerprint density at radius 2 is 1.92 bits per heavy atom. The van der Waals surface area contributed by atoms with E-state index in [0.717, 1.165) is 47.1 Å². The first-order valence-corrected chi connectivity index (χ1v) is 8.76. The lowest BCUT2D eigenvalue weighted by molar-refractivity contribution is 0.392. The highest BCUT2D eigenvalue weighted by molar-refractivity contribution is 5.82. The fourth-order valence-corrected chi connectivity index (χ4v) is 3.41. The number of hydrogen-bond donors (Lipinski definition) is 0. The predicted molar refractivity (Wildman–Crippen MR) is 98.0 cm³/mol. The third-order valence-corrected chi connectivity index (χ3v) is 5.00. The van der Waals surface area contributed by atoms with Gasteiger partial charge in [-0.05, 0) is 37.0 Å². The van der Waals surface area contributed by atoms with Gasteiger partial charge in [0.05, 0.1) is 11.2 Å². The van der Waals surface area contributed by atoms with Crippen molar-refractivity contribution in [3.8, 4) is 11.3 Å². The molecule has 0 saturated carbocycles. The Kier molecular flexibility index (Phi) is 4.11.